The third kappa shape index (κ3) is 7.12. The van der Waals surface area contributed by atoms with Crippen molar-refractivity contribution in [2.45, 2.75) is 45.2 Å². The van der Waals surface area contributed by atoms with Gasteiger partial charge in [0.1, 0.15) is 6.61 Å². The number of para-hydroxylation sites is 1. The maximum atomic E-state index is 14.4. The van der Waals surface area contributed by atoms with Gasteiger partial charge < -0.3 is 20.1 Å². The van der Waals surface area contributed by atoms with E-state index in [0.717, 1.165) is 11.1 Å². The van der Waals surface area contributed by atoms with E-state index in [1.54, 1.807) is 85.4 Å². The highest BCUT2D eigenvalue weighted by molar-refractivity contribution is 5.94. The summed E-state index contributed by atoms with van der Waals surface area (Å²) in [7, 11) is 0. The van der Waals surface area contributed by atoms with Crippen molar-refractivity contribution >= 4 is 28.2 Å². The molecule has 1 heterocycles. The molecule has 234 valence electrons. The zero-order chi connectivity index (χ0) is 32.2. The molecule has 0 fully saturated rings. The van der Waals surface area contributed by atoms with E-state index in [0.29, 0.717) is 33.5 Å². The zero-order valence-electron chi connectivity index (χ0n) is 25.3. The topological polar surface area (TPSA) is 79.6 Å². The van der Waals surface area contributed by atoms with Gasteiger partial charge in [0.25, 0.3) is 0 Å². The summed E-state index contributed by atoms with van der Waals surface area (Å²) in [6.07, 6.45) is -3.36. The fraction of sp³-hybridized carbons (Fsp3) is 0.257. The lowest BCUT2D eigenvalue weighted by atomic mass is 10.0. The van der Waals surface area contributed by atoms with E-state index in [4.69, 9.17) is 4.74 Å². The Bertz CT molecular complexity index is 1760. The number of aliphatic hydroxyl groups is 1. The van der Waals surface area contributed by atoms with Gasteiger partial charge in [0.15, 0.2) is 5.60 Å². The lowest BCUT2D eigenvalue weighted by Crippen LogP contribution is -2.59. The van der Waals surface area contributed by atoms with Crippen molar-refractivity contribution in [2.24, 2.45) is 0 Å². The predicted octanol–water partition coefficient (Wildman–Crippen LogP) is 7.31. The summed E-state index contributed by atoms with van der Waals surface area (Å²) in [5.74, 6) is -0.493. The minimum atomic E-state index is -4.91. The van der Waals surface area contributed by atoms with Gasteiger partial charge in [-0.15, -0.1) is 0 Å². The number of anilines is 2. The molecule has 5 aromatic rings. The number of nitrogens with zero attached hydrogens (tertiary/aromatic N) is 3. The molecule has 4 aromatic carbocycles. The lowest BCUT2D eigenvalue weighted by molar-refractivity contribution is -0.250. The number of carbonyl (C=O) groups is 1. The predicted molar refractivity (Wildman–Crippen MR) is 170 cm³/mol. The van der Waals surface area contributed by atoms with E-state index < -0.39 is 30.8 Å². The van der Waals surface area contributed by atoms with Gasteiger partial charge in [-0.1, -0.05) is 54.6 Å². The molecule has 1 unspecified atom stereocenters. The van der Waals surface area contributed by atoms with Crippen LogP contribution in [0.15, 0.2) is 103 Å². The lowest BCUT2D eigenvalue weighted by Gasteiger charge is -2.39. The number of alkyl halides is 3. The Morgan fingerprint density at radius 1 is 0.978 bits per heavy atom. The van der Waals surface area contributed by atoms with Gasteiger partial charge in [0, 0.05) is 22.8 Å². The minimum absolute atomic E-state index is 0.132. The molecule has 0 aliphatic carbocycles. The second kappa shape index (κ2) is 13.0. The number of halogens is 3. The third-order valence-corrected chi connectivity index (χ3v) is 7.61. The number of aryl methyl sites for hydroxylation is 1. The van der Waals surface area contributed by atoms with Crippen LogP contribution in [0, 0.1) is 6.92 Å². The van der Waals surface area contributed by atoms with Crippen LogP contribution in [0.25, 0.3) is 16.6 Å². The highest BCUT2D eigenvalue weighted by Crippen LogP contribution is 2.35. The molecule has 10 heteroatoms. The first-order valence-corrected chi connectivity index (χ1v) is 14.6. The number of fused-ring (bicyclic) bond motifs is 1. The molecule has 7 nitrogen and oxygen atoms in total. The van der Waals surface area contributed by atoms with Crippen molar-refractivity contribution in [3.05, 3.63) is 120 Å². The standard InChI is InChI=1S/C35H35F3N4O3/c1-24(2)41(28-14-8-5-9-15-28)23-34(44,35(36,37)38)22-39-31-17-25(3)18-32-30(31)20-40-42(32)29-16-10-13-27(19-29)33(43)45-21-26-11-6-4-7-12-26/h4-20,24,39,44H,21-23H2,1-3H3. The largest absolute Gasteiger partial charge is 0.457 e. The van der Waals surface area contributed by atoms with Crippen molar-refractivity contribution in [1.29, 1.82) is 0 Å². The second-order valence-electron chi connectivity index (χ2n) is 11.4. The van der Waals surface area contributed by atoms with Crippen molar-refractivity contribution in [1.82, 2.24) is 9.78 Å². The van der Waals surface area contributed by atoms with Crippen LogP contribution in [0.3, 0.4) is 0 Å². The molecular formula is C35H35F3N4O3. The number of hydrogen-bond acceptors (Lipinski definition) is 6. The molecule has 45 heavy (non-hydrogen) atoms. The average molecular weight is 617 g/mol. The van der Waals surface area contributed by atoms with E-state index in [9.17, 15) is 23.1 Å². The average Bonchev–Trinajstić information content (AvgIpc) is 3.45. The number of hydrogen-bond donors (Lipinski definition) is 2. The highest BCUT2D eigenvalue weighted by atomic mass is 19.4. The molecule has 0 amide bonds. The zero-order valence-corrected chi connectivity index (χ0v) is 25.3. The summed E-state index contributed by atoms with van der Waals surface area (Å²) in [6.45, 7) is 4.09. The van der Waals surface area contributed by atoms with Crippen LogP contribution in [0.4, 0.5) is 24.5 Å². The molecule has 0 spiro atoms. The van der Waals surface area contributed by atoms with Gasteiger partial charge in [0.2, 0.25) is 0 Å². The van der Waals surface area contributed by atoms with Crippen molar-refractivity contribution < 1.29 is 27.8 Å². The molecule has 1 aromatic heterocycles. The van der Waals surface area contributed by atoms with Gasteiger partial charge in [0.05, 0.1) is 36.1 Å². The number of rotatable bonds is 11. The van der Waals surface area contributed by atoms with Gasteiger partial charge >= 0.3 is 12.1 Å². The van der Waals surface area contributed by atoms with E-state index in [2.05, 4.69) is 10.4 Å². The maximum absolute atomic E-state index is 14.4. The summed E-state index contributed by atoms with van der Waals surface area (Å²) in [5.41, 5.74) is 1.09. The summed E-state index contributed by atoms with van der Waals surface area (Å²) in [4.78, 5) is 14.3. The quantitative estimate of drug-likeness (QED) is 0.152. The van der Waals surface area contributed by atoms with Gasteiger partial charge in [-0.3, -0.25) is 0 Å². The van der Waals surface area contributed by atoms with Crippen LogP contribution >= 0.6 is 0 Å². The number of carbonyl (C=O) groups excluding carboxylic acids is 1. The monoisotopic (exact) mass is 616 g/mol. The molecule has 5 rings (SSSR count). The molecule has 0 saturated heterocycles. The van der Waals surface area contributed by atoms with Gasteiger partial charge in [-0.05, 0) is 74.4 Å². The highest BCUT2D eigenvalue weighted by Gasteiger charge is 2.54. The van der Waals surface area contributed by atoms with Crippen LogP contribution < -0.4 is 10.2 Å². The Hall–Kier alpha value is -4.83. The molecule has 0 saturated carbocycles. The van der Waals surface area contributed by atoms with E-state index in [-0.39, 0.29) is 12.6 Å². The summed E-state index contributed by atoms with van der Waals surface area (Å²) >= 11 is 0. The van der Waals surface area contributed by atoms with Gasteiger partial charge in [-0.2, -0.15) is 18.3 Å². The molecular weight excluding hydrogens is 581 g/mol. The third-order valence-electron chi connectivity index (χ3n) is 7.61. The van der Waals surface area contributed by atoms with Gasteiger partial charge in [-0.25, -0.2) is 9.48 Å². The molecule has 2 N–H and O–H groups in total. The number of ether oxygens (including phenoxy) is 1. The first-order chi connectivity index (χ1) is 21.4. The Morgan fingerprint density at radius 2 is 1.67 bits per heavy atom. The SMILES string of the molecule is Cc1cc(NCC(O)(CN(c2ccccc2)C(C)C)C(F)(F)F)c2cnn(-c3cccc(C(=O)OCc4ccccc4)c3)c2c1. The van der Waals surface area contributed by atoms with Crippen molar-refractivity contribution in [3.63, 3.8) is 0 Å². The maximum Gasteiger partial charge on any atom is 0.420 e. The molecule has 0 radical (unpaired) electrons. The minimum Gasteiger partial charge on any atom is -0.457 e. The Kier molecular flexibility index (Phi) is 9.15. The number of esters is 1. The smallest absolute Gasteiger partial charge is 0.420 e. The van der Waals surface area contributed by atoms with Crippen LogP contribution in [0.5, 0.6) is 0 Å². The van der Waals surface area contributed by atoms with E-state index in [1.165, 1.54) is 4.90 Å². The summed E-state index contributed by atoms with van der Waals surface area (Å²) in [6, 6.07) is 28.2. The Labute approximate surface area is 259 Å². The normalized spacial score (nSPS) is 13.1. The van der Waals surface area contributed by atoms with Crippen molar-refractivity contribution in [2.75, 3.05) is 23.3 Å². The molecule has 1 atom stereocenters. The molecule has 0 aliphatic heterocycles. The Balaban J connectivity index is 1.40. The molecule has 0 aliphatic rings. The fourth-order valence-electron chi connectivity index (χ4n) is 5.15. The first-order valence-electron chi connectivity index (χ1n) is 14.6. The summed E-state index contributed by atoms with van der Waals surface area (Å²) in [5, 5.41) is 19.1. The Morgan fingerprint density at radius 3 is 2.33 bits per heavy atom. The second-order valence-corrected chi connectivity index (χ2v) is 11.4. The van der Waals surface area contributed by atoms with E-state index >= 15 is 0 Å². The van der Waals surface area contributed by atoms with Crippen LogP contribution in [0.2, 0.25) is 0 Å². The van der Waals surface area contributed by atoms with Crippen LogP contribution in [-0.2, 0) is 11.3 Å². The fourth-order valence-corrected chi connectivity index (χ4v) is 5.15. The van der Waals surface area contributed by atoms with Crippen molar-refractivity contribution in [3.8, 4) is 5.69 Å². The van der Waals surface area contributed by atoms with E-state index in [1.807, 2.05) is 43.3 Å². The van der Waals surface area contributed by atoms with Crippen LogP contribution in [-0.4, -0.2) is 51.8 Å². The van der Waals surface area contributed by atoms with Crippen LogP contribution in [0.1, 0.15) is 35.3 Å². The number of aromatic nitrogens is 2. The molecule has 0 bridgehead atoms. The summed E-state index contributed by atoms with van der Waals surface area (Å²) < 4.78 is 50.4. The number of nitrogens with one attached hydrogen (secondary N) is 1. The first kappa shape index (κ1) is 31.6. The number of benzene rings is 4.